The Labute approximate surface area is 111 Å². The quantitative estimate of drug-likeness (QED) is 0.318. The van der Waals surface area contributed by atoms with Crippen LogP contribution < -0.4 is 5.73 Å². The van der Waals surface area contributed by atoms with Crippen molar-refractivity contribution in [1.82, 2.24) is 4.90 Å². The first-order valence-corrected chi connectivity index (χ1v) is 7.30. The van der Waals surface area contributed by atoms with Crippen molar-refractivity contribution in [3.05, 3.63) is 0 Å². The summed E-state index contributed by atoms with van der Waals surface area (Å²) in [5.74, 6) is 1.01. The molecule has 0 radical (unpaired) electrons. The minimum atomic E-state index is 0.355. The van der Waals surface area contributed by atoms with Crippen molar-refractivity contribution in [3.8, 4) is 0 Å². The summed E-state index contributed by atoms with van der Waals surface area (Å²) in [5, 5.41) is 11.9. The van der Waals surface area contributed by atoms with Gasteiger partial charge in [-0.3, -0.25) is 4.90 Å². The zero-order chi connectivity index (χ0) is 13.5. The molecule has 0 heterocycles. The molecule has 0 aromatic rings. The molecule has 1 fully saturated rings. The first-order valence-electron chi connectivity index (χ1n) is 7.30. The molecule has 0 aliphatic heterocycles. The van der Waals surface area contributed by atoms with E-state index in [1.54, 1.807) is 0 Å². The number of oxime groups is 1. The molecule has 1 saturated carbocycles. The molecular formula is C14H29N3O. The minimum absolute atomic E-state index is 0.355. The van der Waals surface area contributed by atoms with Gasteiger partial charge in [-0.1, -0.05) is 38.8 Å². The van der Waals surface area contributed by atoms with Crippen LogP contribution in [-0.2, 0) is 0 Å². The Morgan fingerprint density at radius 1 is 1.39 bits per heavy atom. The molecule has 3 N–H and O–H groups in total. The monoisotopic (exact) mass is 255 g/mol. The van der Waals surface area contributed by atoms with Gasteiger partial charge in [-0.05, 0) is 25.2 Å². The third-order valence-corrected chi connectivity index (χ3v) is 3.88. The standard InChI is InChI=1S/C14H29N3O/c1-4-12(9-14(15)16-18)17(10-11(2)3)13-7-5-6-8-13/h11-13,18H,4-10H2,1-3H3,(H2,15,16). The lowest BCUT2D eigenvalue weighted by molar-refractivity contribution is 0.117. The van der Waals surface area contributed by atoms with E-state index in [2.05, 4.69) is 30.8 Å². The Kier molecular flexibility index (Phi) is 6.47. The summed E-state index contributed by atoms with van der Waals surface area (Å²) in [6.45, 7) is 7.83. The Bertz CT molecular complexity index is 260. The molecule has 18 heavy (non-hydrogen) atoms. The smallest absolute Gasteiger partial charge is 0.140 e. The summed E-state index contributed by atoms with van der Waals surface area (Å²) >= 11 is 0. The summed E-state index contributed by atoms with van der Waals surface area (Å²) < 4.78 is 0. The van der Waals surface area contributed by atoms with E-state index in [-0.39, 0.29) is 0 Å². The molecule has 4 heteroatoms. The highest BCUT2D eigenvalue weighted by Gasteiger charge is 2.28. The molecule has 0 bridgehead atoms. The molecule has 0 amide bonds. The number of nitrogens with zero attached hydrogens (tertiary/aromatic N) is 2. The van der Waals surface area contributed by atoms with Crippen LogP contribution in [-0.4, -0.2) is 34.6 Å². The topological polar surface area (TPSA) is 61.9 Å². The van der Waals surface area contributed by atoms with Gasteiger partial charge in [-0.2, -0.15) is 0 Å². The van der Waals surface area contributed by atoms with Crippen LogP contribution >= 0.6 is 0 Å². The number of rotatable bonds is 7. The summed E-state index contributed by atoms with van der Waals surface area (Å²) in [5.41, 5.74) is 5.69. The number of hydrogen-bond acceptors (Lipinski definition) is 3. The van der Waals surface area contributed by atoms with Crippen molar-refractivity contribution in [2.75, 3.05) is 6.54 Å². The van der Waals surface area contributed by atoms with E-state index in [0.717, 1.165) is 13.0 Å². The lowest BCUT2D eigenvalue weighted by atomic mass is 10.0. The van der Waals surface area contributed by atoms with Crippen molar-refractivity contribution in [1.29, 1.82) is 0 Å². The number of hydrogen-bond donors (Lipinski definition) is 2. The zero-order valence-corrected chi connectivity index (χ0v) is 12.1. The summed E-state index contributed by atoms with van der Waals surface area (Å²) in [7, 11) is 0. The SMILES string of the molecule is CCC(CC(N)=NO)N(CC(C)C)C1CCCC1. The molecule has 106 valence electrons. The van der Waals surface area contributed by atoms with Crippen LogP contribution in [0.4, 0.5) is 0 Å². The van der Waals surface area contributed by atoms with E-state index >= 15 is 0 Å². The molecule has 1 aliphatic carbocycles. The molecule has 1 rings (SSSR count). The van der Waals surface area contributed by atoms with Crippen LogP contribution in [0.3, 0.4) is 0 Å². The van der Waals surface area contributed by atoms with E-state index < -0.39 is 0 Å². The van der Waals surface area contributed by atoms with Crippen LogP contribution in [0.15, 0.2) is 5.16 Å². The van der Waals surface area contributed by atoms with Gasteiger partial charge in [0.25, 0.3) is 0 Å². The maximum Gasteiger partial charge on any atom is 0.140 e. The number of amidine groups is 1. The zero-order valence-electron chi connectivity index (χ0n) is 12.1. The highest BCUT2D eigenvalue weighted by molar-refractivity contribution is 5.80. The van der Waals surface area contributed by atoms with Crippen molar-refractivity contribution >= 4 is 5.84 Å². The molecule has 4 nitrogen and oxygen atoms in total. The van der Waals surface area contributed by atoms with Crippen molar-refractivity contribution < 1.29 is 5.21 Å². The second-order valence-corrected chi connectivity index (χ2v) is 5.89. The van der Waals surface area contributed by atoms with Crippen molar-refractivity contribution in [2.45, 2.75) is 71.4 Å². The van der Waals surface area contributed by atoms with E-state index in [1.807, 2.05) is 0 Å². The Balaban J connectivity index is 2.70. The van der Waals surface area contributed by atoms with Gasteiger partial charge in [0.2, 0.25) is 0 Å². The fraction of sp³-hybridized carbons (Fsp3) is 0.929. The Morgan fingerprint density at radius 2 is 2.00 bits per heavy atom. The summed E-state index contributed by atoms with van der Waals surface area (Å²) in [4.78, 5) is 2.61. The summed E-state index contributed by atoms with van der Waals surface area (Å²) in [6.07, 6.45) is 7.03. The molecule has 0 aromatic carbocycles. The molecule has 1 atom stereocenters. The minimum Gasteiger partial charge on any atom is -0.409 e. The molecule has 0 saturated heterocycles. The molecular weight excluding hydrogens is 226 g/mol. The van der Waals surface area contributed by atoms with Gasteiger partial charge in [0.1, 0.15) is 5.84 Å². The van der Waals surface area contributed by atoms with Crippen LogP contribution in [0, 0.1) is 5.92 Å². The highest BCUT2D eigenvalue weighted by atomic mass is 16.4. The van der Waals surface area contributed by atoms with Gasteiger partial charge < -0.3 is 10.9 Å². The normalized spacial score (nSPS) is 19.9. The van der Waals surface area contributed by atoms with Gasteiger partial charge >= 0.3 is 0 Å². The Morgan fingerprint density at radius 3 is 2.44 bits per heavy atom. The van der Waals surface area contributed by atoms with E-state index in [9.17, 15) is 0 Å². The average Bonchev–Trinajstić information content (AvgIpc) is 2.86. The maximum absolute atomic E-state index is 8.75. The lowest BCUT2D eigenvalue weighted by Gasteiger charge is -2.37. The predicted octanol–water partition coefficient (Wildman–Crippen LogP) is 2.80. The van der Waals surface area contributed by atoms with Gasteiger partial charge in [-0.25, -0.2) is 0 Å². The van der Waals surface area contributed by atoms with Crippen LogP contribution in [0.1, 0.15) is 59.3 Å². The second kappa shape index (κ2) is 7.62. The van der Waals surface area contributed by atoms with Crippen LogP contribution in [0.25, 0.3) is 0 Å². The fourth-order valence-electron chi connectivity index (χ4n) is 3.03. The first-order chi connectivity index (χ1) is 8.58. The molecule has 0 aromatic heterocycles. The Hall–Kier alpha value is -0.770. The van der Waals surface area contributed by atoms with Crippen LogP contribution in [0.2, 0.25) is 0 Å². The predicted molar refractivity (Wildman–Crippen MR) is 75.9 cm³/mol. The number of nitrogens with two attached hydrogens (primary N) is 1. The largest absolute Gasteiger partial charge is 0.409 e. The van der Waals surface area contributed by atoms with Gasteiger partial charge in [0.05, 0.1) is 0 Å². The van der Waals surface area contributed by atoms with Crippen molar-refractivity contribution in [3.63, 3.8) is 0 Å². The highest BCUT2D eigenvalue weighted by Crippen LogP contribution is 2.27. The first kappa shape index (κ1) is 15.3. The van der Waals surface area contributed by atoms with Crippen molar-refractivity contribution in [2.24, 2.45) is 16.8 Å². The fourth-order valence-corrected chi connectivity index (χ4v) is 3.03. The van der Waals surface area contributed by atoms with E-state index in [4.69, 9.17) is 10.9 Å². The lowest BCUT2D eigenvalue weighted by Crippen LogP contribution is -2.45. The maximum atomic E-state index is 8.75. The molecule has 1 unspecified atom stereocenters. The third kappa shape index (κ3) is 4.48. The van der Waals surface area contributed by atoms with E-state index in [1.165, 1.54) is 25.7 Å². The third-order valence-electron chi connectivity index (χ3n) is 3.88. The van der Waals surface area contributed by atoms with Gasteiger partial charge in [0.15, 0.2) is 0 Å². The average molecular weight is 255 g/mol. The summed E-state index contributed by atoms with van der Waals surface area (Å²) in [6, 6.07) is 1.11. The van der Waals surface area contributed by atoms with Crippen LogP contribution in [0.5, 0.6) is 0 Å². The second-order valence-electron chi connectivity index (χ2n) is 5.89. The van der Waals surface area contributed by atoms with Gasteiger partial charge in [-0.15, -0.1) is 0 Å². The van der Waals surface area contributed by atoms with Gasteiger partial charge in [0, 0.05) is 25.0 Å². The molecule has 1 aliphatic rings. The van der Waals surface area contributed by atoms with E-state index in [0.29, 0.717) is 30.3 Å². The molecule has 0 spiro atoms.